The van der Waals surface area contributed by atoms with Crippen LogP contribution in [-0.2, 0) is 11.3 Å². The minimum atomic E-state index is 0.615. The van der Waals surface area contributed by atoms with Gasteiger partial charge in [0.2, 0.25) is 0 Å². The van der Waals surface area contributed by atoms with Gasteiger partial charge in [0.1, 0.15) is 12.4 Å². The lowest BCUT2D eigenvalue weighted by Crippen LogP contribution is -2.19. The van der Waals surface area contributed by atoms with E-state index in [0.29, 0.717) is 19.1 Å². The number of nitrogens with one attached hydrogen (secondary N) is 1. The second kappa shape index (κ2) is 10.6. The van der Waals surface area contributed by atoms with Crippen LogP contribution in [0.3, 0.4) is 0 Å². The van der Waals surface area contributed by atoms with Crippen LogP contribution in [0.5, 0.6) is 5.75 Å². The zero-order valence-electron chi connectivity index (χ0n) is 14.1. The molecular formula is C18H31NO2. The maximum atomic E-state index is 5.86. The fraction of sp³-hybridized carbons (Fsp3) is 0.667. The molecule has 1 aromatic rings. The summed E-state index contributed by atoms with van der Waals surface area (Å²) in [6.45, 7) is 12.7. The molecule has 0 aromatic heterocycles. The fourth-order valence-corrected chi connectivity index (χ4v) is 2.04. The van der Waals surface area contributed by atoms with Gasteiger partial charge in [0.05, 0.1) is 6.61 Å². The first-order valence-electron chi connectivity index (χ1n) is 8.14. The van der Waals surface area contributed by atoms with E-state index in [4.69, 9.17) is 9.47 Å². The van der Waals surface area contributed by atoms with Crippen molar-refractivity contribution in [1.29, 1.82) is 0 Å². The molecule has 0 radical (unpaired) electrons. The maximum absolute atomic E-state index is 5.86. The summed E-state index contributed by atoms with van der Waals surface area (Å²) in [6.07, 6.45) is 2.29. The average Bonchev–Trinajstić information content (AvgIpc) is 2.44. The van der Waals surface area contributed by atoms with Crippen molar-refractivity contribution >= 4 is 0 Å². The van der Waals surface area contributed by atoms with Crippen LogP contribution >= 0.6 is 0 Å². The van der Waals surface area contributed by atoms with Crippen molar-refractivity contribution in [1.82, 2.24) is 5.32 Å². The molecule has 1 N–H and O–H groups in total. The van der Waals surface area contributed by atoms with E-state index >= 15 is 0 Å². The maximum Gasteiger partial charge on any atom is 0.123 e. The average molecular weight is 293 g/mol. The lowest BCUT2D eigenvalue weighted by molar-refractivity contribution is 0.0977. The predicted octanol–water partition coefficient (Wildman–Crippen LogP) is 3.94. The zero-order valence-corrected chi connectivity index (χ0v) is 14.1. The first-order chi connectivity index (χ1) is 10.1. The topological polar surface area (TPSA) is 30.5 Å². The summed E-state index contributed by atoms with van der Waals surface area (Å²) in [5.74, 6) is 1.63. The molecule has 0 aliphatic carbocycles. The summed E-state index contributed by atoms with van der Waals surface area (Å²) in [4.78, 5) is 0. The highest BCUT2D eigenvalue weighted by Crippen LogP contribution is 2.20. The Hall–Kier alpha value is -1.06. The van der Waals surface area contributed by atoms with E-state index in [9.17, 15) is 0 Å². The van der Waals surface area contributed by atoms with Crippen LogP contribution in [0.4, 0.5) is 0 Å². The van der Waals surface area contributed by atoms with Crippen molar-refractivity contribution in [2.24, 2.45) is 5.92 Å². The van der Waals surface area contributed by atoms with Gasteiger partial charge < -0.3 is 14.8 Å². The van der Waals surface area contributed by atoms with Gasteiger partial charge in [-0.3, -0.25) is 0 Å². The molecular weight excluding hydrogens is 262 g/mol. The van der Waals surface area contributed by atoms with Crippen molar-refractivity contribution in [2.45, 2.75) is 47.1 Å². The summed E-state index contributed by atoms with van der Waals surface area (Å²) >= 11 is 0. The number of rotatable bonds is 11. The van der Waals surface area contributed by atoms with Gasteiger partial charge in [0, 0.05) is 18.7 Å². The molecule has 1 aromatic carbocycles. The quantitative estimate of drug-likeness (QED) is 0.627. The third-order valence-electron chi connectivity index (χ3n) is 3.21. The summed E-state index contributed by atoms with van der Waals surface area (Å²) < 4.78 is 11.4. The van der Waals surface area contributed by atoms with E-state index in [1.807, 2.05) is 0 Å². The van der Waals surface area contributed by atoms with E-state index in [0.717, 1.165) is 31.9 Å². The van der Waals surface area contributed by atoms with Crippen LogP contribution in [0.1, 0.15) is 44.7 Å². The zero-order chi connectivity index (χ0) is 15.5. The highest BCUT2D eigenvalue weighted by atomic mass is 16.5. The Kier molecular flexibility index (Phi) is 9.11. The minimum absolute atomic E-state index is 0.615. The Labute approximate surface area is 130 Å². The molecule has 3 heteroatoms. The number of hydrogen-bond acceptors (Lipinski definition) is 3. The Bertz CT molecular complexity index is 391. The van der Waals surface area contributed by atoms with Crippen LogP contribution in [0.25, 0.3) is 0 Å². The molecule has 0 unspecified atom stereocenters. The van der Waals surface area contributed by atoms with E-state index < -0.39 is 0 Å². The molecule has 120 valence electrons. The number of aryl methyl sites for hydroxylation is 1. The Balaban J connectivity index is 2.40. The first-order valence-corrected chi connectivity index (χ1v) is 8.14. The summed E-state index contributed by atoms with van der Waals surface area (Å²) in [5, 5.41) is 3.48. The van der Waals surface area contributed by atoms with Crippen LogP contribution in [0.2, 0.25) is 0 Å². The Morgan fingerprint density at radius 1 is 1.14 bits per heavy atom. The van der Waals surface area contributed by atoms with Crippen molar-refractivity contribution in [3.8, 4) is 5.75 Å². The molecule has 3 nitrogen and oxygen atoms in total. The second-order valence-corrected chi connectivity index (χ2v) is 5.95. The van der Waals surface area contributed by atoms with Crippen molar-refractivity contribution in [3.05, 3.63) is 29.3 Å². The number of benzene rings is 1. The van der Waals surface area contributed by atoms with Gasteiger partial charge in [-0.1, -0.05) is 44.9 Å². The summed E-state index contributed by atoms with van der Waals surface area (Å²) in [5.41, 5.74) is 2.49. The van der Waals surface area contributed by atoms with E-state index in [1.165, 1.54) is 17.5 Å². The van der Waals surface area contributed by atoms with Crippen molar-refractivity contribution in [2.75, 3.05) is 26.4 Å². The van der Waals surface area contributed by atoms with E-state index in [2.05, 4.69) is 51.2 Å². The predicted molar refractivity (Wildman–Crippen MR) is 88.9 cm³/mol. The van der Waals surface area contributed by atoms with Gasteiger partial charge in [-0.2, -0.15) is 0 Å². The monoisotopic (exact) mass is 293 g/mol. The third kappa shape index (κ3) is 8.08. The minimum Gasteiger partial charge on any atom is -0.491 e. The standard InChI is InChI=1S/C18H31NO2/c1-5-6-9-20-10-11-21-18-8-7-16(4)12-17(18)14-19-13-15(2)3/h7-8,12,15,19H,5-6,9-11,13-14H2,1-4H3. The molecule has 0 heterocycles. The molecule has 0 spiro atoms. The number of hydrogen-bond donors (Lipinski definition) is 1. The largest absolute Gasteiger partial charge is 0.491 e. The highest BCUT2D eigenvalue weighted by molar-refractivity contribution is 5.36. The van der Waals surface area contributed by atoms with E-state index in [1.54, 1.807) is 0 Å². The van der Waals surface area contributed by atoms with Crippen LogP contribution in [0.15, 0.2) is 18.2 Å². The highest BCUT2D eigenvalue weighted by Gasteiger charge is 2.05. The lowest BCUT2D eigenvalue weighted by Gasteiger charge is -2.14. The molecule has 0 fully saturated rings. The molecule has 1 rings (SSSR count). The smallest absolute Gasteiger partial charge is 0.123 e. The Morgan fingerprint density at radius 2 is 1.95 bits per heavy atom. The molecule has 0 aliphatic rings. The van der Waals surface area contributed by atoms with Gasteiger partial charge in [-0.15, -0.1) is 0 Å². The van der Waals surface area contributed by atoms with Crippen molar-refractivity contribution < 1.29 is 9.47 Å². The van der Waals surface area contributed by atoms with Gasteiger partial charge >= 0.3 is 0 Å². The Morgan fingerprint density at radius 3 is 2.67 bits per heavy atom. The molecule has 0 atom stereocenters. The van der Waals surface area contributed by atoms with Crippen molar-refractivity contribution in [3.63, 3.8) is 0 Å². The molecule has 0 amide bonds. The SMILES string of the molecule is CCCCOCCOc1ccc(C)cc1CNCC(C)C. The fourth-order valence-electron chi connectivity index (χ4n) is 2.04. The normalized spacial score (nSPS) is 11.1. The van der Waals surface area contributed by atoms with Gasteiger partial charge in [0.25, 0.3) is 0 Å². The van der Waals surface area contributed by atoms with Crippen LogP contribution in [-0.4, -0.2) is 26.4 Å². The number of ether oxygens (including phenoxy) is 2. The van der Waals surface area contributed by atoms with Crippen LogP contribution in [0, 0.1) is 12.8 Å². The lowest BCUT2D eigenvalue weighted by atomic mass is 10.1. The van der Waals surface area contributed by atoms with Gasteiger partial charge in [-0.05, 0) is 31.9 Å². The molecule has 21 heavy (non-hydrogen) atoms. The summed E-state index contributed by atoms with van der Waals surface area (Å²) in [6, 6.07) is 6.35. The molecule has 0 saturated carbocycles. The summed E-state index contributed by atoms with van der Waals surface area (Å²) in [7, 11) is 0. The molecule has 0 saturated heterocycles. The third-order valence-corrected chi connectivity index (χ3v) is 3.21. The first kappa shape index (κ1) is 18.0. The molecule has 0 bridgehead atoms. The van der Waals surface area contributed by atoms with Gasteiger partial charge in [0.15, 0.2) is 0 Å². The number of unbranched alkanes of at least 4 members (excludes halogenated alkanes) is 1. The van der Waals surface area contributed by atoms with Crippen LogP contribution < -0.4 is 10.1 Å². The van der Waals surface area contributed by atoms with E-state index in [-0.39, 0.29) is 0 Å². The van der Waals surface area contributed by atoms with Gasteiger partial charge in [-0.25, -0.2) is 0 Å². The molecule has 0 aliphatic heterocycles. The second-order valence-electron chi connectivity index (χ2n) is 5.95.